The summed E-state index contributed by atoms with van der Waals surface area (Å²) in [6.07, 6.45) is -1.74. The predicted molar refractivity (Wildman–Crippen MR) is 59.0 cm³/mol. The average molecular weight is 250 g/mol. The maximum absolute atomic E-state index is 12.4. The second kappa shape index (κ2) is 5.48. The molecule has 0 aliphatic carbocycles. The number of hydrogen-bond acceptors (Lipinski definition) is 2. The van der Waals surface area contributed by atoms with E-state index in [9.17, 15) is 13.2 Å². The Hall–Kier alpha value is -0.840. The third-order valence-corrected chi connectivity index (χ3v) is 2.71. The van der Waals surface area contributed by atoms with Gasteiger partial charge in [0, 0.05) is 4.90 Å². The lowest BCUT2D eigenvalue weighted by Crippen LogP contribution is -2.05. The van der Waals surface area contributed by atoms with Gasteiger partial charge in [-0.25, -0.2) is 0 Å². The first kappa shape index (κ1) is 13.2. The van der Waals surface area contributed by atoms with Crippen LogP contribution in [0.4, 0.5) is 13.2 Å². The molecule has 0 atom stereocenters. The lowest BCUT2D eigenvalue weighted by molar-refractivity contribution is -0.137. The van der Waals surface area contributed by atoms with Crippen LogP contribution in [0.3, 0.4) is 0 Å². The van der Waals surface area contributed by atoms with Crippen molar-refractivity contribution in [1.82, 2.24) is 0 Å². The van der Waals surface area contributed by atoms with Gasteiger partial charge in [-0.15, -0.1) is 11.8 Å². The van der Waals surface area contributed by atoms with Crippen LogP contribution in [0, 0.1) is 0 Å². The number of thioether (sulfide) groups is 1. The van der Waals surface area contributed by atoms with Crippen LogP contribution < -0.4 is 4.74 Å². The Labute approximate surface area is 97.0 Å². The summed E-state index contributed by atoms with van der Waals surface area (Å²) in [7, 11) is 0. The summed E-state index contributed by atoms with van der Waals surface area (Å²) in [5.74, 6) is 0.516. The molecule has 0 amide bonds. The summed E-state index contributed by atoms with van der Waals surface area (Å²) in [5, 5.41) is 0. The largest absolute Gasteiger partial charge is 0.492 e. The van der Waals surface area contributed by atoms with Crippen LogP contribution in [0.5, 0.6) is 5.75 Å². The molecule has 1 nitrogen and oxygen atoms in total. The average Bonchev–Trinajstić information content (AvgIpc) is 2.24. The standard InChI is InChI=1S/C11H13F3OS/c1-3-6-15-9-5-4-8(11(12,13)14)7-10(9)16-2/h4-5,7H,3,6H2,1-2H3. The fourth-order valence-electron chi connectivity index (χ4n) is 1.18. The summed E-state index contributed by atoms with van der Waals surface area (Å²) >= 11 is 1.25. The van der Waals surface area contributed by atoms with Crippen LogP contribution in [0.1, 0.15) is 18.9 Å². The van der Waals surface area contributed by atoms with E-state index in [2.05, 4.69) is 0 Å². The van der Waals surface area contributed by atoms with E-state index in [0.717, 1.165) is 18.6 Å². The molecule has 0 radical (unpaired) electrons. The lowest BCUT2D eigenvalue weighted by Gasteiger charge is -2.12. The smallest absolute Gasteiger partial charge is 0.416 e. The first-order valence-electron chi connectivity index (χ1n) is 4.87. The monoisotopic (exact) mass is 250 g/mol. The van der Waals surface area contributed by atoms with E-state index in [0.29, 0.717) is 17.3 Å². The van der Waals surface area contributed by atoms with E-state index >= 15 is 0 Å². The Morgan fingerprint density at radius 2 is 2.00 bits per heavy atom. The molecule has 0 heterocycles. The molecule has 0 N–H and O–H groups in total. The van der Waals surface area contributed by atoms with Crippen molar-refractivity contribution >= 4 is 11.8 Å². The Morgan fingerprint density at radius 1 is 1.31 bits per heavy atom. The van der Waals surface area contributed by atoms with Crippen molar-refractivity contribution in [1.29, 1.82) is 0 Å². The molecule has 90 valence electrons. The second-order valence-corrected chi connectivity index (χ2v) is 4.06. The van der Waals surface area contributed by atoms with Crippen molar-refractivity contribution in [3.05, 3.63) is 23.8 Å². The Kier molecular flexibility index (Phi) is 4.53. The second-order valence-electron chi connectivity index (χ2n) is 3.21. The van der Waals surface area contributed by atoms with E-state index in [-0.39, 0.29) is 0 Å². The third-order valence-electron chi connectivity index (χ3n) is 1.95. The van der Waals surface area contributed by atoms with Gasteiger partial charge in [-0.05, 0) is 30.9 Å². The first-order valence-corrected chi connectivity index (χ1v) is 6.09. The molecule has 0 aliphatic heterocycles. The molecule has 0 unspecified atom stereocenters. The molecule has 16 heavy (non-hydrogen) atoms. The highest BCUT2D eigenvalue weighted by atomic mass is 32.2. The van der Waals surface area contributed by atoms with Crippen molar-refractivity contribution in [2.45, 2.75) is 24.4 Å². The number of benzene rings is 1. The summed E-state index contributed by atoms with van der Waals surface area (Å²) in [6, 6.07) is 3.55. The predicted octanol–water partition coefficient (Wildman–Crippen LogP) is 4.22. The maximum atomic E-state index is 12.4. The van der Waals surface area contributed by atoms with Gasteiger partial charge >= 0.3 is 6.18 Å². The minimum absolute atomic E-state index is 0.513. The van der Waals surface area contributed by atoms with Gasteiger partial charge < -0.3 is 4.74 Å². The minimum Gasteiger partial charge on any atom is -0.492 e. The highest BCUT2D eigenvalue weighted by Crippen LogP contribution is 2.35. The zero-order chi connectivity index (χ0) is 12.2. The Morgan fingerprint density at radius 3 is 2.50 bits per heavy atom. The molecular formula is C11H13F3OS. The van der Waals surface area contributed by atoms with E-state index in [4.69, 9.17) is 4.74 Å². The van der Waals surface area contributed by atoms with Crippen molar-refractivity contribution < 1.29 is 17.9 Å². The number of alkyl halides is 3. The zero-order valence-electron chi connectivity index (χ0n) is 9.10. The van der Waals surface area contributed by atoms with Crippen molar-refractivity contribution in [3.8, 4) is 5.75 Å². The molecule has 0 aliphatic rings. The van der Waals surface area contributed by atoms with E-state index in [1.54, 1.807) is 6.26 Å². The fraction of sp³-hybridized carbons (Fsp3) is 0.455. The highest BCUT2D eigenvalue weighted by molar-refractivity contribution is 7.98. The number of rotatable bonds is 4. The van der Waals surface area contributed by atoms with Gasteiger partial charge in [0.05, 0.1) is 12.2 Å². The van der Waals surface area contributed by atoms with Crippen LogP contribution in [-0.4, -0.2) is 12.9 Å². The summed E-state index contributed by atoms with van der Waals surface area (Å²) in [5.41, 5.74) is -0.638. The van der Waals surface area contributed by atoms with Gasteiger partial charge in [0.25, 0.3) is 0 Å². The zero-order valence-corrected chi connectivity index (χ0v) is 9.91. The molecule has 0 bridgehead atoms. The van der Waals surface area contributed by atoms with Gasteiger partial charge in [-0.1, -0.05) is 6.92 Å². The number of ether oxygens (including phenoxy) is 1. The fourth-order valence-corrected chi connectivity index (χ4v) is 1.75. The van der Waals surface area contributed by atoms with Crippen LogP contribution >= 0.6 is 11.8 Å². The highest BCUT2D eigenvalue weighted by Gasteiger charge is 2.31. The van der Waals surface area contributed by atoms with Crippen LogP contribution in [0.15, 0.2) is 23.1 Å². The van der Waals surface area contributed by atoms with Gasteiger partial charge in [0.2, 0.25) is 0 Å². The van der Waals surface area contributed by atoms with Crippen molar-refractivity contribution in [2.75, 3.05) is 12.9 Å². The molecule has 0 saturated carbocycles. The molecule has 0 saturated heterocycles. The lowest BCUT2D eigenvalue weighted by atomic mass is 10.2. The Balaban J connectivity index is 2.97. The van der Waals surface area contributed by atoms with Gasteiger partial charge in [-0.2, -0.15) is 13.2 Å². The molecule has 1 aromatic carbocycles. The number of halogens is 3. The Bertz CT molecular complexity index is 350. The molecule has 0 fully saturated rings. The molecule has 1 rings (SSSR count). The van der Waals surface area contributed by atoms with Gasteiger partial charge in [-0.3, -0.25) is 0 Å². The van der Waals surface area contributed by atoms with Crippen molar-refractivity contribution in [2.24, 2.45) is 0 Å². The molecular weight excluding hydrogens is 237 g/mol. The molecule has 5 heteroatoms. The SMILES string of the molecule is CCCOc1ccc(C(F)(F)F)cc1SC. The maximum Gasteiger partial charge on any atom is 0.416 e. The summed E-state index contributed by atoms with van der Waals surface area (Å²) < 4.78 is 42.7. The third kappa shape index (κ3) is 3.33. The van der Waals surface area contributed by atoms with Crippen molar-refractivity contribution in [3.63, 3.8) is 0 Å². The number of hydrogen-bond donors (Lipinski definition) is 0. The van der Waals surface area contributed by atoms with Gasteiger partial charge in [0.15, 0.2) is 0 Å². The van der Waals surface area contributed by atoms with E-state index in [1.165, 1.54) is 17.8 Å². The normalized spacial score (nSPS) is 11.6. The van der Waals surface area contributed by atoms with E-state index < -0.39 is 11.7 Å². The minimum atomic E-state index is -4.30. The first-order chi connectivity index (χ1) is 7.49. The van der Waals surface area contributed by atoms with Crippen LogP contribution in [0.25, 0.3) is 0 Å². The molecule has 0 spiro atoms. The van der Waals surface area contributed by atoms with Crippen LogP contribution in [0.2, 0.25) is 0 Å². The van der Waals surface area contributed by atoms with Crippen LogP contribution in [-0.2, 0) is 6.18 Å². The van der Waals surface area contributed by atoms with Gasteiger partial charge in [0.1, 0.15) is 5.75 Å². The topological polar surface area (TPSA) is 9.23 Å². The molecule has 0 aromatic heterocycles. The summed E-state index contributed by atoms with van der Waals surface area (Å²) in [6.45, 7) is 2.46. The summed E-state index contributed by atoms with van der Waals surface area (Å²) in [4.78, 5) is 0.517. The quantitative estimate of drug-likeness (QED) is 0.740. The van der Waals surface area contributed by atoms with E-state index in [1.807, 2.05) is 6.92 Å². The molecule has 1 aromatic rings.